The van der Waals surface area contributed by atoms with Crippen molar-refractivity contribution in [1.29, 1.82) is 0 Å². The van der Waals surface area contributed by atoms with Crippen LogP contribution in [0.25, 0.3) is 0 Å². The van der Waals surface area contributed by atoms with E-state index in [1.54, 1.807) is 4.57 Å². The zero-order valence-electron chi connectivity index (χ0n) is 10.9. The first-order chi connectivity index (χ1) is 9.61. The smallest absolute Gasteiger partial charge is 0.293 e. The molecule has 0 aliphatic rings. The fourth-order valence-electron chi connectivity index (χ4n) is 1.68. The Bertz CT molecular complexity index is 648. The third-order valence-corrected chi connectivity index (χ3v) is 4.36. The second kappa shape index (κ2) is 7.07. The molecule has 0 spiro atoms. The summed E-state index contributed by atoms with van der Waals surface area (Å²) in [7, 11) is 0. The Morgan fingerprint density at radius 2 is 2.10 bits per heavy atom. The number of Topliss-reactive ketones (excluding diaryl/α,β-unsaturated/α-hetero) is 1. The molecule has 1 heterocycles. The summed E-state index contributed by atoms with van der Waals surface area (Å²) >= 11 is 3.48. The molecule has 1 N–H and O–H groups in total. The van der Waals surface area contributed by atoms with Crippen LogP contribution in [0, 0.1) is 3.57 Å². The monoisotopic (exact) mass is 403 g/mol. The van der Waals surface area contributed by atoms with Crippen LogP contribution in [0.2, 0.25) is 0 Å². The quantitative estimate of drug-likeness (QED) is 0.458. The molecule has 1 aromatic heterocycles. The zero-order chi connectivity index (χ0) is 14.5. The van der Waals surface area contributed by atoms with Crippen LogP contribution < -0.4 is 5.69 Å². The number of halogens is 1. The van der Waals surface area contributed by atoms with Gasteiger partial charge in [-0.1, -0.05) is 30.8 Å². The van der Waals surface area contributed by atoms with Crippen LogP contribution >= 0.6 is 34.4 Å². The minimum Gasteiger partial charge on any atom is -0.293 e. The van der Waals surface area contributed by atoms with Crippen LogP contribution in [0.5, 0.6) is 0 Å². The molecule has 7 heteroatoms. The molecule has 0 radical (unpaired) electrons. The van der Waals surface area contributed by atoms with Crippen LogP contribution in [0.1, 0.15) is 23.7 Å². The largest absolute Gasteiger partial charge is 0.343 e. The Balaban J connectivity index is 2.03. The highest BCUT2D eigenvalue weighted by Crippen LogP contribution is 2.16. The number of hydrogen-bond donors (Lipinski definition) is 1. The normalized spacial score (nSPS) is 10.7. The first-order valence-electron chi connectivity index (χ1n) is 6.18. The van der Waals surface area contributed by atoms with Gasteiger partial charge in [0.1, 0.15) is 0 Å². The second-order valence-corrected chi connectivity index (χ2v) is 6.37. The number of aromatic amines is 1. The van der Waals surface area contributed by atoms with Crippen LogP contribution in [0.15, 0.2) is 34.2 Å². The van der Waals surface area contributed by atoms with E-state index in [1.165, 1.54) is 11.8 Å². The molecule has 0 amide bonds. The van der Waals surface area contributed by atoms with Crippen LogP contribution in [-0.2, 0) is 6.54 Å². The van der Waals surface area contributed by atoms with Gasteiger partial charge in [-0.2, -0.15) is 0 Å². The number of carbonyl (C=O) groups is 1. The van der Waals surface area contributed by atoms with E-state index in [9.17, 15) is 9.59 Å². The molecule has 0 fully saturated rings. The van der Waals surface area contributed by atoms with Crippen molar-refractivity contribution < 1.29 is 4.79 Å². The summed E-state index contributed by atoms with van der Waals surface area (Å²) in [4.78, 5) is 23.6. The topological polar surface area (TPSA) is 67.8 Å². The lowest BCUT2D eigenvalue weighted by Gasteiger charge is -2.03. The number of benzene rings is 1. The van der Waals surface area contributed by atoms with E-state index >= 15 is 0 Å². The van der Waals surface area contributed by atoms with Crippen molar-refractivity contribution in [2.75, 3.05) is 5.75 Å². The van der Waals surface area contributed by atoms with E-state index in [4.69, 9.17) is 0 Å². The van der Waals surface area contributed by atoms with E-state index in [0.717, 1.165) is 9.99 Å². The first kappa shape index (κ1) is 15.3. The van der Waals surface area contributed by atoms with Gasteiger partial charge in [-0.3, -0.25) is 9.36 Å². The summed E-state index contributed by atoms with van der Waals surface area (Å²) in [5, 5.41) is 6.93. The van der Waals surface area contributed by atoms with Gasteiger partial charge in [0.05, 0.1) is 5.75 Å². The number of carbonyl (C=O) groups excluding carboxylic acids is 1. The lowest BCUT2D eigenvalue weighted by Crippen LogP contribution is -2.17. The number of aromatic nitrogens is 3. The molecule has 20 heavy (non-hydrogen) atoms. The molecule has 5 nitrogen and oxygen atoms in total. The molecular weight excluding hydrogens is 389 g/mol. The summed E-state index contributed by atoms with van der Waals surface area (Å²) in [5.74, 6) is 0.305. The average Bonchev–Trinajstić information content (AvgIpc) is 2.79. The van der Waals surface area contributed by atoms with Gasteiger partial charge in [-0.25, -0.2) is 9.89 Å². The number of thioether (sulfide) groups is 1. The predicted molar refractivity (Wildman–Crippen MR) is 87.4 cm³/mol. The number of nitrogens with one attached hydrogen (secondary N) is 1. The average molecular weight is 403 g/mol. The maximum atomic E-state index is 12.1. The van der Waals surface area contributed by atoms with Gasteiger partial charge in [0.25, 0.3) is 0 Å². The number of rotatable bonds is 6. The Morgan fingerprint density at radius 3 is 2.75 bits per heavy atom. The minimum atomic E-state index is -0.226. The van der Waals surface area contributed by atoms with E-state index in [-0.39, 0.29) is 17.2 Å². The highest BCUT2D eigenvalue weighted by Gasteiger charge is 2.12. The molecular formula is C13H14IN3O2S. The van der Waals surface area contributed by atoms with Crippen molar-refractivity contribution in [3.05, 3.63) is 43.9 Å². The third-order valence-electron chi connectivity index (χ3n) is 2.67. The fourth-order valence-corrected chi connectivity index (χ4v) is 2.91. The van der Waals surface area contributed by atoms with Crippen LogP contribution in [0.4, 0.5) is 0 Å². The molecule has 2 rings (SSSR count). The molecule has 0 aliphatic heterocycles. The molecule has 0 unspecified atom stereocenters. The van der Waals surface area contributed by atoms with Crippen molar-refractivity contribution in [2.45, 2.75) is 25.0 Å². The number of nitrogens with zero attached hydrogens (tertiary/aromatic N) is 2. The molecule has 0 bridgehead atoms. The molecule has 106 valence electrons. The fraction of sp³-hybridized carbons (Fsp3) is 0.308. The van der Waals surface area contributed by atoms with Crippen molar-refractivity contribution in [3.8, 4) is 0 Å². The maximum Gasteiger partial charge on any atom is 0.343 e. The van der Waals surface area contributed by atoms with E-state index < -0.39 is 0 Å². The Kier molecular flexibility index (Phi) is 5.41. The highest BCUT2D eigenvalue weighted by atomic mass is 127. The molecule has 0 aliphatic carbocycles. The molecule has 0 saturated heterocycles. The first-order valence-corrected chi connectivity index (χ1v) is 8.25. The summed E-state index contributed by atoms with van der Waals surface area (Å²) < 4.78 is 2.65. The third kappa shape index (κ3) is 3.72. The highest BCUT2D eigenvalue weighted by molar-refractivity contribution is 14.1. The lowest BCUT2D eigenvalue weighted by molar-refractivity contribution is 0.102. The summed E-state index contributed by atoms with van der Waals surface area (Å²) in [5.41, 5.74) is 0.453. The van der Waals surface area contributed by atoms with Crippen molar-refractivity contribution in [3.63, 3.8) is 0 Å². The van der Waals surface area contributed by atoms with Crippen LogP contribution in [-0.4, -0.2) is 26.3 Å². The minimum absolute atomic E-state index is 0.0323. The Hall–Kier alpha value is -1.09. The van der Waals surface area contributed by atoms with Crippen LogP contribution in [0.3, 0.4) is 0 Å². The maximum absolute atomic E-state index is 12.1. The second-order valence-electron chi connectivity index (χ2n) is 4.18. The van der Waals surface area contributed by atoms with Crippen molar-refractivity contribution in [2.24, 2.45) is 0 Å². The standard InChI is InChI=1S/C13H14IN3O2S/c1-2-7-17-12(19)15-16-13(17)20-8-11(18)9-3-5-10(14)6-4-9/h3-6H,2,7-8H2,1H3,(H,15,19). The SMILES string of the molecule is CCCn1c(SCC(=O)c2ccc(I)cc2)n[nH]c1=O. The van der Waals surface area contributed by atoms with Gasteiger partial charge in [0.15, 0.2) is 10.9 Å². The summed E-state index contributed by atoms with van der Waals surface area (Å²) in [6.07, 6.45) is 0.845. The number of ketones is 1. The van der Waals surface area contributed by atoms with Gasteiger partial charge in [0.2, 0.25) is 0 Å². The van der Waals surface area contributed by atoms with Gasteiger partial charge in [-0.15, -0.1) is 5.10 Å². The zero-order valence-corrected chi connectivity index (χ0v) is 13.9. The van der Waals surface area contributed by atoms with E-state index in [1.807, 2.05) is 31.2 Å². The van der Waals surface area contributed by atoms with Gasteiger partial charge in [0, 0.05) is 15.7 Å². The van der Waals surface area contributed by atoms with Crippen molar-refractivity contribution >= 4 is 40.1 Å². The van der Waals surface area contributed by atoms with E-state index in [0.29, 0.717) is 17.3 Å². The lowest BCUT2D eigenvalue weighted by atomic mass is 10.2. The van der Waals surface area contributed by atoms with Crippen molar-refractivity contribution in [1.82, 2.24) is 14.8 Å². The molecule has 2 aromatic rings. The van der Waals surface area contributed by atoms with Gasteiger partial charge in [-0.05, 0) is 41.1 Å². The predicted octanol–water partition coefficient (Wildman–Crippen LogP) is 2.56. The van der Waals surface area contributed by atoms with E-state index in [2.05, 4.69) is 32.8 Å². The summed E-state index contributed by atoms with van der Waals surface area (Å²) in [6, 6.07) is 7.43. The Morgan fingerprint density at radius 1 is 1.40 bits per heavy atom. The summed E-state index contributed by atoms with van der Waals surface area (Å²) in [6.45, 7) is 2.60. The molecule has 1 aromatic carbocycles. The van der Waals surface area contributed by atoms with Gasteiger partial charge < -0.3 is 0 Å². The Labute approximate surface area is 134 Å². The number of H-pyrrole nitrogens is 1. The van der Waals surface area contributed by atoms with Gasteiger partial charge >= 0.3 is 5.69 Å². The molecule has 0 atom stereocenters. The molecule has 0 saturated carbocycles. The number of hydrogen-bond acceptors (Lipinski definition) is 4.